The molecule has 9 heteroatoms. The van der Waals surface area contributed by atoms with Gasteiger partial charge in [-0.15, -0.1) is 0 Å². The minimum absolute atomic E-state index is 0.226. The van der Waals surface area contributed by atoms with Crippen LogP contribution in [0.5, 0.6) is 0 Å². The Hall–Kier alpha value is -2.80. The van der Waals surface area contributed by atoms with Gasteiger partial charge in [-0.2, -0.15) is 5.10 Å². The predicted molar refractivity (Wildman–Crippen MR) is 59.9 cm³/mol. The van der Waals surface area contributed by atoms with E-state index in [-0.39, 0.29) is 11.8 Å². The molecule has 0 atom stereocenters. The minimum Gasteiger partial charge on any atom is -0.341 e. The zero-order valence-corrected chi connectivity index (χ0v) is 8.82. The van der Waals surface area contributed by atoms with Crippen molar-refractivity contribution in [1.82, 2.24) is 19.9 Å². The molecule has 0 radical (unpaired) electrons. The number of imidazole rings is 1. The number of carbonyl (C=O) groups is 1. The van der Waals surface area contributed by atoms with Crippen LogP contribution in [0.3, 0.4) is 0 Å². The summed E-state index contributed by atoms with van der Waals surface area (Å²) in [7, 11) is 1.50. The summed E-state index contributed by atoms with van der Waals surface area (Å²) in [4.78, 5) is 17.8. The van der Waals surface area contributed by atoms with E-state index in [1.165, 1.54) is 23.8 Å². The summed E-state index contributed by atoms with van der Waals surface area (Å²) in [6.45, 7) is 0. The number of fused-ring (bicyclic) bond motifs is 1. The smallest absolute Gasteiger partial charge is 0.320 e. The Kier molecular flexibility index (Phi) is 2.75. The van der Waals surface area contributed by atoms with Crippen molar-refractivity contribution in [3.05, 3.63) is 28.8 Å². The van der Waals surface area contributed by atoms with Crippen LogP contribution in [0.25, 0.3) is 16.1 Å². The van der Waals surface area contributed by atoms with Gasteiger partial charge in [0.05, 0.1) is 6.20 Å². The zero-order chi connectivity index (χ0) is 12.3. The van der Waals surface area contributed by atoms with Gasteiger partial charge in [0.15, 0.2) is 11.5 Å². The molecule has 0 aliphatic carbocycles. The average Bonchev–Trinajstić information content (AvgIpc) is 2.70. The van der Waals surface area contributed by atoms with Crippen LogP contribution >= 0.6 is 0 Å². The van der Waals surface area contributed by atoms with Crippen molar-refractivity contribution in [3.8, 4) is 0 Å². The van der Waals surface area contributed by atoms with E-state index in [9.17, 15) is 4.79 Å². The van der Waals surface area contributed by atoms with Gasteiger partial charge in [-0.05, 0) is 22.8 Å². The largest absolute Gasteiger partial charge is 0.341 e. The summed E-state index contributed by atoms with van der Waals surface area (Å²) in [5.41, 5.74) is 8.81. The highest BCUT2D eigenvalue weighted by molar-refractivity contribution is 5.88. The van der Waals surface area contributed by atoms with Crippen molar-refractivity contribution in [2.24, 2.45) is 5.11 Å². The molecule has 86 valence electrons. The topological polar surface area (TPSA) is 120 Å². The highest BCUT2D eigenvalue weighted by atomic mass is 16.2. The number of amides is 2. The van der Waals surface area contributed by atoms with Crippen molar-refractivity contribution in [2.45, 2.75) is 0 Å². The van der Waals surface area contributed by atoms with Gasteiger partial charge < -0.3 is 5.32 Å². The number of hydrogen-bond donors (Lipinski definition) is 2. The molecule has 17 heavy (non-hydrogen) atoms. The lowest BCUT2D eigenvalue weighted by Gasteiger charge is -1.97. The third-order valence-corrected chi connectivity index (χ3v) is 1.92. The second-order valence-corrected chi connectivity index (χ2v) is 3.01. The van der Waals surface area contributed by atoms with E-state index >= 15 is 0 Å². The zero-order valence-electron chi connectivity index (χ0n) is 8.82. The van der Waals surface area contributed by atoms with Crippen LogP contribution in [0, 0.1) is 0 Å². The summed E-state index contributed by atoms with van der Waals surface area (Å²) in [5, 5.41) is 12.3. The molecule has 2 N–H and O–H groups in total. The van der Waals surface area contributed by atoms with Crippen LogP contribution in [-0.4, -0.2) is 27.7 Å². The lowest BCUT2D eigenvalue weighted by Crippen LogP contribution is -2.24. The first kappa shape index (κ1) is 10.7. The molecule has 9 nitrogen and oxygen atoms in total. The SMILES string of the molecule is CNC(=O)Nc1cn2nc(N=[N+]=[N-])ccc2n1. The van der Waals surface area contributed by atoms with Crippen LogP contribution in [0.4, 0.5) is 16.4 Å². The van der Waals surface area contributed by atoms with Gasteiger partial charge >= 0.3 is 6.03 Å². The third-order valence-electron chi connectivity index (χ3n) is 1.92. The fourth-order valence-electron chi connectivity index (χ4n) is 1.21. The molecule has 2 heterocycles. The van der Waals surface area contributed by atoms with Gasteiger partial charge in [0.1, 0.15) is 5.82 Å². The quantitative estimate of drug-likeness (QED) is 0.462. The summed E-state index contributed by atoms with van der Waals surface area (Å²) >= 11 is 0. The summed E-state index contributed by atoms with van der Waals surface area (Å²) in [6, 6.07) is 2.79. The lowest BCUT2D eigenvalue weighted by atomic mass is 10.5. The summed E-state index contributed by atoms with van der Waals surface area (Å²) in [5.74, 6) is 0.582. The molecule has 0 aliphatic heterocycles. The Morgan fingerprint density at radius 2 is 2.41 bits per heavy atom. The number of nitrogens with one attached hydrogen (secondary N) is 2. The molecule has 2 amide bonds. The Morgan fingerprint density at radius 3 is 3.12 bits per heavy atom. The standard InChI is InChI=1S/C8H8N8O/c1-10-8(17)12-6-4-16-7(11-6)3-2-5(14-16)13-15-9/h2-4H,1H3,(H2,10,12,17). The van der Waals surface area contributed by atoms with Gasteiger partial charge in [0.25, 0.3) is 0 Å². The Labute approximate surface area is 95.1 Å². The number of azide groups is 1. The first-order valence-electron chi connectivity index (χ1n) is 4.63. The molecule has 0 spiro atoms. The number of rotatable bonds is 2. The number of nitrogens with zero attached hydrogens (tertiary/aromatic N) is 6. The Balaban J connectivity index is 2.36. The van der Waals surface area contributed by atoms with E-state index in [0.717, 1.165) is 0 Å². The van der Waals surface area contributed by atoms with Gasteiger partial charge in [0.2, 0.25) is 0 Å². The van der Waals surface area contributed by atoms with E-state index in [0.29, 0.717) is 11.5 Å². The molecular weight excluding hydrogens is 224 g/mol. The van der Waals surface area contributed by atoms with E-state index in [2.05, 4.69) is 30.7 Å². The van der Waals surface area contributed by atoms with Gasteiger partial charge in [-0.25, -0.2) is 14.3 Å². The van der Waals surface area contributed by atoms with Crippen LogP contribution < -0.4 is 10.6 Å². The minimum atomic E-state index is -0.372. The first-order chi connectivity index (χ1) is 8.22. The van der Waals surface area contributed by atoms with Crippen LogP contribution in [0.15, 0.2) is 23.4 Å². The first-order valence-corrected chi connectivity index (χ1v) is 4.63. The predicted octanol–water partition coefficient (Wildman–Crippen LogP) is 1.42. The monoisotopic (exact) mass is 232 g/mol. The second-order valence-electron chi connectivity index (χ2n) is 3.01. The lowest BCUT2D eigenvalue weighted by molar-refractivity contribution is 0.254. The van der Waals surface area contributed by atoms with Crippen molar-refractivity contribution < 1.29 is 4.79 Å². The molecule has 2 aromatic heterocycles. The molecule has 0 saturated heterocycles. The maximum Gasteiger partial charge on any atom is 0.320 e. The second kappa shape index (κ2) is 4.37. The normalized spacial score (nSPS) is 9.71. The van der Waals surface area contributed by atoms with Crippen LogP contribution in [-0.2, 0) is 0 Å². The van der Waals surface area contributed by atoms with Crippen molar-refractivity contribution >= 4 is 23.3 Å². The van der Waals surface area contributed by atoms with Crippen molar-refractivity contribution in [2.75, 3.05) is 12.4 Å². The number of anilines is 1. The molecule has 0 bridgehead atoms. The van der Waals surface area contributed by atoms with E-state index in [1.54, 1.807) is 6.07 Å². The van der Waals surface area contributed by atoms with E-state index < -0.39 is 0 Å². The molecule has 2 rings (SSSR count). The highest BCUT2D eigenvalue weighted by Crippen LogP contribution is 2.12. The fourth-order valence-corrected chi connectivity index (χ4v) is 1.21. The van der Waals surface area contributed by atoms with E-state index in [1.807, 2.05) is 0 Å². The fraction of sp³-hybridized carbons (Fsp3) is 0.125. The number of carbonyl (C=O) groups excluding carboxylic acids is 1. The Morgan fingerprint density at radius 1 is 1.59 bits per heavy atom. The molecule has 0 saturated carbocycles. The van der Waals surface area contributed by atoms with Crippen LogP contribution in [0.1, 0.15) is 0 Å². The maximum absolute atomic E-state index is 11.1. The van der Waals surface area contributed by atoms with Crippen molar-refractivity contribution in [3.63, 3.8) is 0 Å². The molecule has 0 aromatic carbocycles. The number of urea groups is 1. The van der Waals surface area contributed by atoms with Gasteiger partial charge in [-0.3, -0.25) is 5.32 Å². The van der Waals surface area contributed by atoms with Crippen LogP contribution in [0.2, 0.25) is 0 Å². The Bertz CT molecular complexity index is 611. The van der Waals surface area contributed by atoms with Crippen molar-refractivity contribution in [1.29, 1.82) is 0 Å². The molecule has 2 aromatic rings. The molecule has 0 unspecified atom stereocenters. The molecular formula is C8H8N8O. The summed E-state index contributed by atoms with van der Waals surface area (Å²) in [6.07, 6.45) is 1.51. The maximum atomic E-state index is 11.1. The number of hydrogen-bond acceptors (Lipinski definition) is 4. The summed E-state index contributed by atoms with van der Waals surface area (Å²) < 4.78 is 1.41. The van der Waals surface area contributed by atoms with Gasteiger partial charge in [-0.1, -0.05) is 0 Å². The van der Waals surface area contributed by atoms with Gasteiger partial charge in [0, 0.05) is 12.0 Å². The molecule has 0 aliphatic rings. The van der Waals surface area contributed by atoms with E-state index in [4.69, 9.17) is 5.53 Å². The highest BCUT2D eigenvalue weighted by Gasteiger charge is 2.05. The average molecular weight is 232 g/mol. The third kappa shape index (κ3) is 2.24. The molecule has 0 fully saturated rings. The number of aromatic nitrogens is 3.